The number of halogens is 6. The zero-order valence-corrected chi connectivity index (χ0v) is 17.8. The van der Waals surface area contributed by atoms with Crippen LogP contribution in [0.15, 0.2) is 42.5 Å². The first-order chi connectivity index (χ1) is 15.2. The van der Waals surface area contributed by atoms with Crippen LogP contribution in [0.4, 0.5) is 22.0 Å². The Morgan fingerprint density at radius 1 is 1.09 bits per heavy atom. The number of amides is 1. The highest BCUT2D eigenvalue weighted by Crippen LogP contribution is 2.24. The second-order valence-electron chi connectivity index (χ2n) is 7.56. The van der Waals surface area contributed by atoms with E-state index in [0.717, 1.165) is 5.56 Å². The first-order valence-corrected chi connectivity index (χ1v) is 10.3. The Morgan fingerprint density at radius 2 is 1.81 bits per heavy atom. The molecule has 32 heavy (non-hydrogen) atoms. The Balaban J connectivity index is 1.52. The number of benzene rings is 2. The normalized spacial score (nSPS) is 15.4. The maximum absolute atomic E-state index is 13.2. The fraction of sp³-hybridized carbons (Fsp3) is 0.409. The third-order valence-corrected chi connectivity index (χ3v) is 5.48. The minimum atomic E-state index is -4.22. The molecule has 0 aromatic heterocycles. The molecule has 0 saturated carbocycles. The van der Waals surface area contributed by atoms with Gasteiger partial charge in [0.1, 0.15) is 12.4 Å². The summed E-state index contributed by atoms with van der Waals surface area (Å²) in [6.07, 6.45) is -3.80. The standard InChI is InChI=1S/C22H22ClF5N2O2/c23-19-11-18(24)5-4-17(19)12-29-6-8-30(9-7-29)20(31)16-3-1-2-15(10-16)13-32-14-22(27,28)21(25)26/h1-5,10-11,21H,6-9,12-14H2. The van der Waals surface area contributed by atoms with Crippen molar-refractivity contribution in [2.45, 2.75) is 25.5 Å². The van der Waals surface area contributed by atoms with Crippen LogP contribution in [0, 0.1) is 5.82 Å². The fourth-order valence-corrected chi connectivity index (χ4v) is 3.57. The van der Waals surface area contributed by atoms with Crippen molar-refractivity contribution in [3.05, 3.63) is 70.0 Å². The molecule has 0 N–H and O–H groups in total. The summed E-state index contributed by atoms with van der Waals surface area (Å²) in [6.45, 7) is 0.976. The van der Waals surface area contributed by atoms with Crippen LogP contribution in [-0.2, 0) is 17.9 Å². The number of rotatable bonds is 8. The largest absolute Gasteiger partial charge is 0.370 e. The summed E-state index contributed by atoms with van der Waals surface area (Å²) in [5.74, 6) is -4.83. The first kappa shape index (κ1) is 24.4. The van der Waals surface area contributed by atoms with Crippen molar-refractivity contribution in [2.75, 3.05) is 32.8 Å². The lowest BCUT2D eigenvalue weighted by molar-refractivity contribution is -0.168. The molecule has 1 fully saturated rings. The molecule has 1 heterocycles. The minimum absolute atomic E-state index is 0.218. The number of hydrogen-bond donors (Lipinski definition) is 0. The summed E-state index contributed by atoms with van der Waals surface area (Å²) in [5, 5.41) is 0.355. The smallest absolute Gasteiger partial charge is 0.330 e. The monoisotopic (exact) mass is 476 g/mol. The summed E-state index contributed by atoms with van der Waals surface area (Å²) in [7, 11) is 0. The Bertz CT molecular complexity index is 936. The lowest BCUT2D eigenvalue weighted by atomic mass is 10.1. The molecule has 0 atom stereocenters. The molecule has 174 valence electrons. The Hall–Kier alpha value is -2.23. The molecular weight excluding hydrogens is 455 g/mol. The van der Waals surface area contributed by atoms with Gasteiger partial charge in [0.05, 0.1) is 6.61 Å². The van der Waals surface area contributed by atoms with Gasteiger partial charge in [0.15, 0.2) is 0 Å². The van der Waals surface area contributed by atoms with Crippen molar-refractivity contribution in [1.82, 2.24) is 9.80 Å². The molecule has 1 amide bonds. The topological polar surface area (TPSA) is 32.8 Å². The van der Waals surface area contributed by atoms with E-state index in [1.807, 2.05) is 0 Å². The maximum atomic E-state index is 13.2. The molecule has 4 nitrogen and oxygen atoms in total. The number of piperazine rings is 1. The molecule has 0 radical (unpaired) electrons. The van der Waals surface area contributed by atoms with Gasteiger partial charge in [-0.15, -0.1) is 0 Å². The maximum Gasteiger partial charge on any atom is 0.330 e. The van der Waals surface area contributed by atoms with E-state index >= 15 is 0 Å². The lowest BCUT2D eigenvalue weighted by Crippen LogP contribution is -2.48. The molecule has 0 bridgehead atoms. The summed E-state index contributed by atoms with van der Waals surface area (Å²) in [4.78, 5) is 16.6. The van der Waals surface area contributed by atoms with Gasteiger partial charge in [-0.1, -0.05) is 29.8 Å². The van der Waals surface area contributed by atoms with Crippen LogP contribution < -0.4 is 0 Å². The number of alkyl halides is 4. The van der Waals surface area contributed by atoms with Gasteiger partial charge in [-0.25, -0.2) is 13.2 Å². The van der Waals surface area contributed by atoms with Crippen LogP contribution in [-0.4, -0.2) is 60.8 Å². The highest BCUT2D eigenvalue weighted by molar-refractivity contribution is 6.31. The predicted octanol–water partition coefficient (Wildman–Crippen LogP) is 4.85. The molecule has 2 aromatic carbocycles. The number of carbonyl (C=O) groups is 1. The van der Waals surface area contributed by atoms with Gasteiger partial charge in [-0.3, -0.25) is 9.69 Å². The highest BCUT2D eigenvalue weighted by Gasteiger charge is 2.40. The number of carbonyl (C=O) groups excluding carboxylic acids is 1. The molecule has 1 aliphatic rings. The number of ether oxygens (including phenoxy) is 1. The summed E-state index contributed by atoms with van der Waals surface area (Å²) in [6, 6.07) is 10.5. The first-order valence-electron chi connectivity index (χ1n) is 9.94. The van der Waals surface area contributed by atoms with Gasteiger partial charge >= 0.3 is 12.3 Å². The van der Waals surface area contributed by atoms with Crippen molar-refractivity contribution in [2.24, 2.45) is 0 Å². The quantitative estimate of drug-likeness (QED) is 0.510. The fourth-order valence-electron chi connectivity index (χ4n) is 3.34. The molecule has 10 heteroatoms. The van der Waals surface area contributed by atoms with Gasteiger partial charge in [0.2, 0.25) is 0 Å². The van der Waals surface area contributed by atoms with E-state index in [4.69, 9.17) is 16.3 Å². The Morgan fingerprint density at radius 3 is 2.47 bits per heavy atom. The van der Waals surface area contributed by atoms with Crippen LogP contribution in [0.2, 0.25) is 5.02 Å². The van der Waals surface area contributed by atoms with E-state index in [0.29, 0.717) is 48.9 Å². The molecule has 3 rings (SSSR count). The van der Waals surface area contributed by atoms with Gasteiger partial charge in [0.25, 0.3) is 5.91 Å². The van der Waals surface area contributed by atoms with Crippen molar-refractivity contribution in [3.8, 4) is 0 Å². The second-order valence-corrected chi connectivity index (χ2v) is 7.97. The predicted molar refractivity (Wildman–Crippen MR) is 110 cm³/mol. The molecule has 2 aromatic rings. The van der Waals surface area contributed by atoms with Crippen molar-refractivity contribution in [1.29, 1.82) is 0 Å². The van der Waals surface area contributed by atoms with Crippen LogP contribution in [0.1, 0.15) is 21.5 Å². The van der Waals surface area contributed by atoms with E-state index in [-0.39, 0.29) is 12.5 Å². The van der Waals surface area contributed by atoms with E-state index in [9.17, 15) is 26.7 Å². The molecule has 0 spiro atoms. The highest BCUT2D eigenvalue weighted by atomic mass is 35.5. The SMILES string of the molecule is O=C(c1cccc(COCC(F)(F)C(F)F)c1)N1CCN(Cc2ccc(F)cc2Cl)CC1. The van der Waals surface area contributed by atoms with E-state index in [1.54, 1.807) is 29.2 Å². The third kappa shape index (κ3) is 6.40. The third-order valence-electron chi connectivity index (χ3n) is 5.12. The van der Waals surface area contributed by atoms with Crippen molar-refractivity contribution >= 4 is 17.5 Å². The van der Waals surface area contributed by atoms with Crippen LogP contribution >= 0.6 is 11.6 Å². The lowest BCUT2D eigenvalue weighted by Gasteiger charge is -2.35. The molecule has 0 aliphatic carbocycles. The van der Waals surface area contributed by atoms with E-state index < -0.39 is 24.8 Å². The Kier molecular flexibility index (Phi) is 8.08. The molecule has 1 saturated heterocycles. The summed E-state index contributed by atoms with van der Waals surface area (Å²) < 4.78 is 68.2. The van der Waals surface area contributed by atoms with Gasteiger partial charge in [-0.2, -0.15) is 8.78 Å². The van der Waals surface area contributed by atoms with Crippen LogP contribution in [0.5, 0.6) is 0 Å². The van der Waals surface area contributed by atoms with Gasteiger partial charge < -0.3 is 9.64 Å². The van der Waals surface area contributed by atoms with Gasteiger partial charge in [0, 0.05) is 43.3 Å². The Labute approximate surface area is 187 Å². The van der Waals surface area contributed by atoms with E-state index in [2.05, 4.69) is 4.90 Å². The number of hydrogen-bond acceptors (Lipinski definition) is 3. The van der Waals surface area contributed by atoms with Crippen molar-refractivity contribution in [3.63, 3.8) is 0 Å². The summed E-state index contributed by atoms with van der Waals surface area (Å²) >= 11 is 6.08. The number of nitrogens with zero attached hydrogens (tertiary/aromatic N) is 2. The average Bonchev–Trinajstić information content (AvgIpc) is 2.76. The van der Waals surface area contributed by atoms with E-state index in [1.165, 1.54) is 18.2 Å². The van der Waals surface area contributed by atoms with Crippen molar-refractivity contribution < 1.29 is 31.5 Å². The minimum Gasteiger partial charge on any atom is -0.370 e. The summed E-state index contributed by atoms with van der Waals surface area (Å²) in [5.41, 5.74) is 1.60. The molecule has 1 aliphatic heterocycles. The zero-order valence-electron chi connectivity index (χ0n) is 17.0. The van der Waals surface area contributed by atoms with Gasteiger partial charge in [-0.05, 0) is 35.4 Å². The zero-order chi connectivity index (χ0) is 23.3. The molecule has 0 unspecified atom stereocenters. The molecular formula is C22H22ClF5N2O2. The van der Waals surface area contributed by atoms with Crippen LogP contribution in [0.25, 0.3) is 0 Å². The van der Waals surface area contributed by atoms with Crippen LogP contribution in [0.3, 0.4) is 0 Å². The average molecular weight is 477 g/mol. The second kappa shape index (κ2) is 10.6.